The van der Waals surface area contributed by atoms with E-state index in [4.69, 9.17) is 33.4 Å². The molecule has 0 saturated carbocycles. The molecule has 0 aliphatic carbocycles. The molecule has 2 aliphatic rings. The first-order valence-corrected chi connectivity index (χ1v) is 10.1. The van der Waals surface area contributed by atoms with Crippen LogP contribution in [-0.2, 0) is 4.84 Å². The Morgan fingerprint density at radius 2 is 1.96 bits per heavy atom. The molecule has 0 radical (unpaired) electrons. The third-order valence-electron chi connectivity index (χ3n) is 5.30. The van der Waals surface area contributed by atoms with Gasteiger partial charge in [-0.3, -0.25) is 0 Å². The smallest absolute Gasteiger partial charge is 0.173 e. The summed E-state index contributed by atoms with van der Waals surface area (Å²) in [6.07, 6.45) is 2.58. The molecule has 1 saturated heterocycles. The molecule has 5 nitrogen and oxygen atoms in total. The van der Waals surface area contributed by atoms with Crippen LogP contribution in [0.25, 0.3) is 0 Å². The van der Waals surface area contributed by atoms with E-state index >= 15 is 0 Å². The van der Waals surface area contributed by atoms with Crippen LogP contribution in [0, 0.1) is 0 Å². The number of nitrogens with zero attached hydrogens (tertiary/aromatic N) is 2. The summed E-state index contributed by atoms with van der Waals surface area (Å²) in [7, 11) is 1.66. The van der Waals surface area contributed by atoms with Gasteiger partial charge in [0.2, 0.25) is 0 Å². The fourth-order valence-electron chi connectivity index (χ4n) is 3.61. The highest BCUT2D eigenvalue weighted by molar-refractivity contribution is 7.80. The maximum Gasteiger partial charge on any atom is 0.173 e. The van der Waals surface area contributed by atoms with Gasteiger partial charge in [-0.05, 0) is 42.0 Å². The van der Waals surface area contributed by atoms with Crippen molar-refractivity contribution >= 4 is 40.3 Å². The van der Waals surface area contributed by atoms with E-state index in [1.807, 2.05) is 48.5 Å². The minimum Gasteiger partial charge on any atom is -0.497 e. The second-order valence-electron chi connectivity index (χ2n) is 7.15. The molecule has 0 unspecified atom stereocenters. The monoisotopic (exact) mass is 415 g/mol. The van der Waals surface area contributed by atoms with Gasteiger partial charge in [-0.15, -0.1) is 0 Å². The molecule has 2 aromatic carbocycles. The SMILES string of the molecule is COc1cccc(NC(=S)N2CCC3(CC2)CC(c2ccc(Cl)cc2)=NO3)c1. The van der Waals surface area contributed by atoms with Crippen LogP contribution >= 0.6 is 23.8 Å². The van der Waals surface area contributed by atoms with Gasteiger partial charge in [0, 0.05) is 49.1 Å². The molecule has 2 aliphatic heterocycles. The average molecular weight is 416 g/mol. The maximum atomic E-state index is 5.98. The summed E-state index contributed by atoms with van der Waals surface area (Å²) in [6, 6.07) is 15.5. The summed E-state index contributed by atoms with van der Waals surface area (Å²) < 4.78 is 5.26. The fourth-order valence-corrected chi connectivity index (χ4v) is 4.03. The first kappa shape index (κ1) is 19.0. The van der Waals surface area contributed by atoms with E-state index in [1.165, 1.54) is 0 Å². The number of ether oxygens (including phenoxy) is 1. The lowest BCUT2D eigenvalue weighted by Crippen LogP contribution is -2.48. The van der Waals surface area contributed by atoms with E-state index in [0.29, 0.717) is 0 Å². The minimum absolute atomic E-state index is 0.225. The van der Waals surface area contributed by atoms with Gasteiger partial charge in [-0.1, -0.05) is 35.0 Å². The van der Waals surface area contributed by atoms with Gasteiger partial charge in [0.1, 0.15) is 11.4 Å². The van der Waals surface area contributed by atoms with E-state index in [1.54, 1.807) is 7.11 Å². The van der Waals surface area contributed by atoms with Crippen LogP contribution in [0.15, 0.2) is 53.7 Å². The number of benzene rings is 2. The zero-order valence-corrected chi connectivity index (χ0v) is 17.2. The molecule has 28 heavy (non-hydrogen) atoms. The van der Waals surface area contributed by atoms with E-state index < -0.39 is 0 Å². The number of hydrogen-bond donors (Lipinski definition) is 1. The van der Waals surface area contributed by atoms with Crippen LogP contribution in [0.5, 0.6) is 5.75 Å². The Balaban J connectivity index is 1.33. The van der Waals surface area contributed by atoms with Crippen LogP contribution in [-0.4, -0.2) is 41.5 Å². The molecular formula is C21H22ClN3O2S. The Bertz CT molecular complexity index is 893. The summed E-state index contributed by atoms with van der Waals surface area (Å²) >= 11 is 11.6. The quantitative estimate of drug-likeness (QED) is 0.736. The third kappa shape index (κ3) is 4.08. The summed E-state index contributed by atoms with van der Waals surface area (Å²) in [5.41, 5.74) is 2.76. The zero-order valence-electron chi connectivity index (χ0n) is 15.7. The number of nitrogens with one attached hydrogen (secondary N) is 1. The lowest BCUT2D eigenvalue weighted by atomic mass is 9.85. The summed E-state index contributed by atoms with van der Waals surface area (Å²) in [6.45, 7) is 1.67. The number of methoxy groups -OCH3 is 1. The summed E-state index contributed by atoms with van der Waals surface area (Å²) in [5.74, 6) is 0.802. The van der Waals surface area contributed by atoms with Crippen molar-refractivity contribution in [2.75, 3.05) is 25.5 Å². The molecule has 2 aromatic rings. The van der Waals surface area contributed by atoms with Crippen LogP contribution < -0.4 is 10.1 Å². The number of oxime groups is 1. The molecule has 1 N–H and O–H groups in total. The summed E-state index contributed by atoms with van der Waals surface area (Å²) in [5, 5.41) is 9.11. The normalized spacial score (nSPS) is 17.8. The Hall–Kier alpha value is -2.31. The highest BCUT2D eigenvalue weighted by Crippen LogP contribution is 2.36. The first-order valence-electron chi connectivity index (χ1n) is 9.28. The van der Waals surface area contributed by atoms with Gasteiger partial charge >= 0.3 is 0 Å². The van der Waals surface area contributed by atoms with Gasteiger partial charge in [-0.25, -0.2) is 0 Å². The molecule has 1 fully saturated rings. The molecule has 0 atom stereocenters. The zero-order chi connectivity index (χ0) is 19.6. The van der Waals surface area contributed by atoms with Crippen LogP contribution in [0.2, 0.25) is 5.02 Å². The number of halogens is 1. The summed E-state index contributed by atoms with van der Waals surface area (Å²) in [4.78, 5) is 8.09. The Morgan fingerprint density at radius 1 is 1.21 bits per heavy atom. The van der Waals surface area contributed by atoms with Crippen LogP contribution in [0.4, 0.5) is 5.69 Å². The van der Waals surface area contributed by atoms with Gasteiger partial charge in [0.15, 0.2) is 5.11 Å². The molecule has 146 valence electrons. The van der Waals surface area contributed by atoms with Crippen molar-refractivity contribution < 1.29 is 9.57 Å². The lowest BCUT2D eigenvalue weighted by Gasteiger charge is -2.38. The Kier molecular flexibility index (Phi) is 5.42. The number of thiocarbonyl (C=S) groups is 1. The van der Waals surface area contributed by atoms with Crippen molar-refractivity contribution in [2.45, 2.75) is 24.9 Å². The van der Waals surface area contributed by atoms with Crippen molar-refractivity contribution in [3.05, 3.63) is 59.1 Å². The second-order valence-corrected chi connectivity index (χ2v) is 7.97. The Morgan fingerprint density at radius 3 is 2.68 bits per heavy atom. The average Bonchev–Trinajstić information content (AvgIpc) is 3.12. The lowest BCUT2D eigenvalue weighted by molar-refractivity contribution is -0.0521. The van der Waals surface area contributed by atoms with Gasteiger partial charge < -0.3 is 19.8 Å². The van der Waals surface area contributed by atoms with Crippen molar-refractivity contribution in [2.24, 2.45) is 5.16 Å². The van der Waals surface area contributed by atoms with E-state index in [2.05, 4.69) is 15.4 Å². The number of rotatable bonds is 3. The van der Waals surface area contributed by atoms with Crippen LogP contribution in [0.3, 0.4) is 0 Å². The number of piperidine rings is 1. The van der Waals surface area contributed by atoms with Crippen molar-refractivity contribution in [1.82, 2.24) is 4.90 Å². The molecule has 0 bridgehead atoms. The van der Waals surface area contributed by atoms with Crippen LogP contribution in [0.1, 0.15) is 24.8 Å². The van der Waals surface area contributed by atoms with Crippen molar-refractivity contribution in [1.29, 1.82) is 0 Å². The third-order valence-corrected chi connectivity index (χ3v) is 5.91. The number of anilines is 1. The van der Waals surface area contributed by atoms with Crippen molar-refractivity contribution in [3.8, 4) is 5.75 Å². The number of likely N-dealkylation sites (tertiary alicyclic amines) is 1. The largest absolute Gasteiger partial charge is 0.497 e. The molecule has 0 amide bonds. The Labute approximate surface area is 175 Å². The van der Waals surface area contributed by atoms with E-state index in [-0.39, 0.29) is 5.60 Å². The molecule has 0 aromatic heterocycles. The molecular weight excluding hydrogens is 394 g/mol. The topological polar surface area (TPSA) is 46.1 Å². The minimum atomic E-state index is -0.225. The number of hydrogen-bond acceptors (Lipinski definition) is 4. The standard InChI is InChI=1S/C21H22ClN3O2S/c1-26-18-4-2-3-17(13-18)23-20(28)25-11-9-21(10-12-25)14-19(24-27-21)15-5-7-16(22)8-6-15/h2-8,13H,9-12,14H2,1H3,(H,23,28). The molecule has 4 rings (SSSR count). The predicted octanol–water partition coefficient (Wildman–Crippen LogP) is 4.70. The molecule has 2 heterocycles. The van der Waals surface area contributed by atoms with Gasteiger partial charge in [0.05, 0.1) is 12.8 Å². The van der Waals surface area contributed by atoms with Crippen molar-refractivity contribution in [3.63, 3.8) is 0 Å². The molecule has 7 heteroatoms. The van der Waals surface area contributed by atoms with Gasteiger partial charge in [0.25, 0.3) is 0 Å². The van der Waals surface area contributed by atoms with E-state index in [9.17, 15) is 0 Å². The highest BCUT2D eigenvalue weighted by atomic mass is 35.5. The van der Waals surface area contributed by atoms with Gasteiger partial charge in [-0.2, -0.15) is 0 Å². The molecule has 1 spiro atoms. The first-order chi connectivity index (χ1) is 13.6. The predicted molar refractivity (Wildman–Crippen MR) is 116 cm³/mol. The second kappa shape index (κ2) is 7.97. The van der Waals surface area contributed by atoms with E-state index in [0.717, 1.165) is 65.2 Å². The fraction of sp³-hybridized carbons (Fsp3) is 0.333. The maximum absolute atomic E-state index is 5.98. The highest BCUT2D eigenvalue weighted by Gasteiger charge is 2.42.